The van der Waals surface area contributed by atoms with Crippen molar-refractivity contribution in [1.29, 1.82) is 0 Å². The molecule has 0 aromatic carbocycles. The van der Waals surface area contributed by atoms with Crippen LogP contribution in [0.2, 0.25) is 0 Å². The van der Waals surface area contributed by atoms with Crippen LogP contribution in [0.4, 0.5) is 0 Å². The third kappa shape index (κ3) is 1.18. The monoisotopic (exact) mass is 177 g/mol. The van der Waals surface area contributed by atoms with Crippen LogP contribution in [0.15, 0.2) is 12.4 Å². The van der Waals surface area contributed by atoms with Crippen molar-refractivity contribution in [3.05, 3.63) is 18.0 Å². The molecule has 2 aliphatic rings. The van der Waals surface area contributed by atoms with Crippen molar-refractivity contribution in [1.82, 2.24) is 15.5 Å². The van der Waals surface area contributed by atoms with E-state index in [4.69, 9.17) is 0 Å². The number of hydrogen-bond donors (Lipinski definition) is 2. The molecule has 1 aromatic rings. The van der Waals surface area contributed by atoms with Crippen molar-refractivity contribution in [3.63, 3.8) is 0 Å². The van der Waals surface area contributed by atoms with Gasteiger partial charge in [-0.3, -0.25) is 5.10 Å². The summed E-state index contributed by atoms with van der Waals surface area (Å²) in [4.78, 5) is 0. The fourth-order valence-corrected chi connectivity index (χ4v) is 2.85. The van der Waals surface area contributed by atoms with Crippen LogP contribution in [0.1, 0.15) is 30.7 Å². The highest BCUT2D eigenvalue weighted by Gasteiger charge is 2.36. The van der Waals surface area contributed by atoms with E-state index in [1.807, 2.05) is 12.4 Å². The number of nitrogens with zero attached hydrogens (tertiary/aromatic N) is 1. The maximum atomic E-state index is 4.03. The van der Waals surface area contributed by atoms with E-state index < -0.39 is 0 Å². The molecular weight excluding hydrogens is 162 g/mol. The van der Waals surface area contributed by atoms with Gasteiger partial charge in [0.2, 0.25) is 0 Å². The second kappa shape index (κ2) is 2.84. The highest BCUT2D eigenvalue weighted by molar-refractivity contribution is 5.16. The van der Waals surface area contributed by atoms with Gasteiger partial charge in [0.25, 0.3) is 0 Å². The molecule has 3 nitrogen and oxygen atoms in total. The van der Waals surface area contributed by atoms with Gasteiger partial charge in [-0.1, -0.05) is 0 Å². The quantitative estimate of drug-likeness (QED) is 0.678. The molecule has 3 rings (SSSR count). The molecule has 1 aliphatic carbocycles. The first-order valence-electron chi connectivity index (χ1n) is 5.15. The van der Waals surface area contributed by atoms with Crippen molar-refractivity contribution in [2.75, 3.05) is 6.54 Å². The van der Waals surface area contributed by atoms with Gasteiger partial charge in [-0.25, -0.2) is 0 Å². The molecule has 0 amide bonds. The fraction of sp³-hybridized carbons (Fsp3) is 0.700. The van der Waals surface area contributed by atoms with Crippen molar-refractivity contribution >= 4 is 0 Å². The van der Waals surface area contributed by atoms with E-state index in [1.54, 1.807) is 0 Å². The molecule has 2 fully saturated rings. The van der Waals surface area contributed by atoms with Crippen molar-refractivity contribution in [3.8, 4) is 0 Å². The Morgan fingerprint density at radius 3 is 3.23 bits per heavy atom. The molecule has 1 aliphatic heterocycles. The van der Waals surface area contributed by atoms with Gasteiger partial charge in [0.1, 0.15) is 0 Å². The minimum Gasteiger partial charge on any atom is -0.313 e. The molecule has 0 radical (unpaired) electrons. The van der Waals surface area contributed by atoms with E-state index in [-0.39, 0.29) is 0 Å². The van der Waals surface area contributed by atoms with Gasteiger partial charge in [-0.2, -0.15) is 5.10 Å². The minimum atomic E-state index is 0.706. The summed E-state index contributed by atoms with van der Waals surface area (Å²) in [5, 5.41) is 10.5. The van der Waals surface area contributed by atoms with Gasteiger partial charge in [0, 0.05) is 18.2 Å². The minimum absolute atomic E-state index is 0.706. The lowest BCUT2D eigenvalue weighted by Gasteiger charge is -2.27. The fourth-order valence-electron chi connectivity index (χ4n) is 2.85. The van der Waals surface area contributed by atoms with Crippen LogP contribution in [0, 0.1) is 5.92 Å². The Balaban J connectivity index is 1.84. The van der Waals surface area contributed by atoms with Crippen LogP contribution in [0.3, 0.4) is 0 Å². The Morgan fingerprint density at radius 1 is 1.38 bits per heavy atom. The summed E-state index contributed by atoms with van der Waals surface area (Å²) >= 11 is 0. The molecule has 13 heavy (non-hydrogen) atoms. The molecule has 2 N–H and O–H groups in total. The zero-order valence-electron chi connectivity index (χ0n) is 7.66. The van der Waals surface area contributed by atoms with Gasteiger partial charge in [-0.05, 0) is 37.3 Å². The second-order valence-electron chi connectivity index (χ2n) is 4.33. The Morgan fingerprint density at radius 2 is 2.38 bits per heavy atom. The maximum Gasteiger partial charge on any atom is 0.0522 e. The van der Waals surface area contributed by atoms with Gasteiger partial charge in [-0.15, -0.1) is 0 Å². The summed E-state index contributed by atoms with van der Waals surface area (Å²) in [6, 6.07) is 0.719. The van der Waals surface area contributed by atoms with Crippen molar-refractivity contribution in [2.45, 2.75) is 31.2 Å². The molecule has 70 valence electrons. The summed E-state index contributed by atoms with van der Waals surface area (Å²) in [6.45, 7) is 1.24. The normalized spacial score (nSPS) is 38.0. The third-order valence-electron chi connectivity index (χ3n) is 3.58. The third-order valence-corrected chi connectivity index (χ3v) is 3.58. The Bertz CT molecular complexity index is 280. The summed E-state index contributed by atoms with van der Waals surface area (Å²) in [6.07, 6.45) is 8.12. The molecule has 0 spiro atoms. The zero-order chi connectivity index (χ0) is 8.67. The molecule has 3 heteroatoms. The van der Waals surface area contributed by atoms with E-state index >= 15 is 0 Å². The molecule has 1 saturated heterocycles. The van der Waals surface area contributed by atoms with Crippen LogP contribution in [-0.2, 0) is 0 Å². The molecule has 3 atom stereocenters. The van der Waals surface area contributed by atoms with Gasteiger partial charge in [0.05, 0.1) is 6.20 Å². The van der Waals surface area contributed by atoms with Gasteiger partial charge >= 0.3 is 0 Å². The SMILES string of the molecule is c1n[nH]cc1C1CCC2CNC1C2. The first kappa shape index (κ1) is 7.56. The van der Waals surface area contributed by atoms with Crippen molar-refractivity contribution < 1.29 is 0 Å². The van der Waals surface area contributed by atoms with E-state index in [0.29, 0.717) is 5.92 Å². The standard InChI is InChI=1S/C10H15N3/c1-2-9(8-5-12-13-6-8)10-3-7(1)4-11-10/h5-7,9-11H,1-4H2,(H,12,13). The lowest BCUT2D eigenvalue weighted by molar-refractivity contribution is 0.363. The maximum absolute atomic E-state index is 4.03. The Labute approximate surface area is 77.9 Å². The van der Waals surface area contributed by atoms with Gasteiger partial charge in [0.15, 0.2) is 0 Å². The van der Waals surface area contributed by atoms with Crippen LogP contribution in [-0.4, -0.2) is 22.8 Å². The topological polar surface area (TPSA) is 40.7 Å². The molecule has 3 unspecified atom stereocenters. The summed E-state index contributed by atoms with van der Waals surface area (Å²) < 4.78 is 0. The lowest BCUT2D eigenvalue weighted by Crippen LogP contribution is -2.29. The number of aromatic amines is 1. The highest BCUT2D eigenvalue weighted by Crippen LogP contribution is 2.38. The number of aromatic nitrogens is 2. The predicted octanol–water partition coefficient (Wildman–Crippen LogP) is 1.27. The Kier molecular flexibility index (Phi) is 1.65. The number of hydrogen-bond acceptors (Lipinski definition) is 2. The average molecular weight is 177 g/mol. The molecule has 1 saturated carbocycles. The number of nitrogens with one attached hydrogen (secondary N) is 2. The molecule has 2 bridgehead atoms. The Hall–Kier alpha value is -0.830. The van der Waals surface area contributed by atoms with E-state index in [1.165, 1.54) is 31.4 Å². The largest absolute Gasteiger partial charge is 0.313 e. The highest BCUT2D eigenvalue weighted by atomic mass is 15.1. The van der Waals surface area contributed by atoms with Crippen LogP contribution >= 0.6 is 0 Å². The summed E-state index contributed by atoms with van der Waals surface area (Å²) in [5.74, 6) is 1.66. The first-order chi connectivity index (χ1) is 6.43. The first-order valence-corrected chi connectivity index (χ1v) is 5.15. The summed E-state index contributed by atoms with van der Waals surface area (Å²) in [7, 11) is 0. The van der Waals surface area contributed by atoms with E-state index in [2.05, 4.69) is 15.5 Å². The number of H-pyrrole nitrogens is 1. The van der Waals surface area contributed by atoms with Crippen molar-refractivity contribution in [2.24, 2.45) is 5.92 Å². The lowest BCUT2D eigenvalue weighted by atomic mass is 9.79. The average Bonchev–Trinajstić information content (AvgIpc) is 2.77. The number of fused-ring (bicyclic) bond motifs is 2. The molecule has 2 heterocycles. The van der Waals surface area contributed by atoms with E-state index in [9.17, 15) is 0 Å². The molecule has 1 aromatic heterocycles. The van der Waals surface area contributed by atoms with E-state index in [0.717, 1.165) is 12.0 Å². The predicted molar refractivity (Wildman–Crippen MR) is 50.5 cm³/mol. The zero-order valence-corrected chi connectivity index (χ0v) is 7.66. The summed E-state index contributed by atoms with van der Waals surface area (Å²) in [5.41, 5.74) is 1.39. The van der Waals surface area contributed by atoms with Crippen LogP contribution in [0.25, 0.3) is 0 Å². The van der Waals surface area contributed by atoms with Gasteiger partial charge < -0.3 is 5.32 Å². The number of rotatable bonds is 1. The van der Waals surface area contributed by atoms with Crippen LogP contribution < -0.4 is 5.32 Å². The smallest absolute Gasteiger partial charge is 0.0522 e. The van der Waals surface area contributed by atoms with Crippen LogP contribution in [0.5, 0.6) is 0 Å². The second-order valence-corrected chi connectivity index (χ2v) is 4.33. The molecular formula is C10H15N3.